The van der Waals surface area contributed by atoms with Gasteiger partial charge in [0.15, 0.2) is 0 Å². The second kappa shape index (κ2) is 12.8. The maximum absolute atomic E-state index is 4.92. The van der Waals surface area contributed by atoms with Crippen LogP contribution < -0.4 is 4.90 Å². The number of hydrogen-bond donors (Lipinski definition) is 0. The molecule has 0 spiro atoms. The van der Waals surface area contributed by atoms with E-state index in [0.717, 1.165) is 61.8 Å². The third kappa shape index (κ3) is 5.09. The Morgan fingerprint density at radius 2 is 1.14 bits per heavy atom. The normalized spacial score (nSPS) is 11.7. The SMILES string of the molecule is Cc1cc(-c2cc3ccccc3cn2)cc(N(c2ccccc2)c2ccc3c4c5c6ccccc6n(-c6ccccc6)c5ccc4n(-c4ccccn4)c3c2)c1. The maximum atomic E-state index is 4.92. The standard InChI is InChI=1S/C51H35N5/c1-34-28-37(44-31-35-14-8-9-15-36(35)33-53-44)30-41(29-34)54(38-16-4-2-5-17-38)40-23-24-43-48(32-40)56(49-22-12-13-27-52-49)47-26-25-46-50(51(43)47)42-20-10-11-21-45(42)55(46)39-18-6-3-7-19-39/h2-33H,1H3. The number of hydrogen-bond acceptors (Lipinski definition) is 3. The molecule has 0 N–H and O–H groups in total. The highest BCUT2D eigenvalue weighted by Gasteiger charge is 2.23. The van der Waals surface area contributed by atoms with E-state index in [1.54, 1.807) is 0 Å². The molecule has 0 saturated carbocycles. The number of anilines is 3. The molecule has 11 aromatic rings. The topological polar surface area (TPSA) is 38.9 Å². The molecule has 0 radical (unpaired) electrons. The number of aryl methyl sites for hydroxylation is 1. The van der Waals surface area contributed by atoms with Crippen LogP contribution in [0.15, 0.2) is 194 Å². The second-order valence-electron chi connectivity index (χ2n) is 14.4. The predicted octanol–water partition coefficient (Wildman–Crippen LogP) is 13.3. The minimum Gasteiger partial charge on any atom is -0.310 e. The first-order valence-corrected chi connectivity index (χ1v) is 19.0. The van der Waals surface area contributed by atoms with Gasteiger partial charge < -0.3 is 9.47 Å². The van der Waals surface area contributed by atoms with Crippen molar-refractivity contribution in [3.8, 4) is 22.8 Å². The third-order valence-electron chi connectivity index (χ3n) is 11.0. The van der Waals surface area contributed by atoms with Crippen molar-refractivity contribution in [1.29, 1.82) is 0 Å². The van der Waals surface area contributed by atoms with Crippen LogP contribution in [0.25, 0.3) is 77.1 Å². The van der Waals surface area contributed by atoms with Crippen LogP contribution in [-0.4, -0.2) is 19.1 Å². The minimum absolute atomic E-state index is 0.877. The molecule has 0 unspecified atom stereocenters. The van der Waals surface area contributed by atoms with Crippen LogP contribution in [0, 0.1) is 6.92 Å². The lowest BCUT2D eigenvalue weighted by molar-refractivity contribution is 1.08. The van der Waals surface area contributed by atoms with Crippen molar-refractivity contribution in [2.24, 2.45) is 0 Å². The van der Waals surface area contributed by atoms with E-state index < -0.39 is 0 Å². The second-order valence-corrected chi connectivity index (χ2v) is 14.4. The Labute approximate surface area is 324 Å². The quantitative estimate of drug-likeness (QED) is 0.172. The number of fused-ring (bicyclic) bond motifs is 8. The van der Waals surface area contributed by atoms with Crippen molar-refractivity contribution in [2.75, 3.05) is 4.90 Å². The van der Waals surface area contributed by atoms with Gasteiger partial charge in [0.1, 0.15) is 5.82 Å². The fourth-order valence-corrected chi connectivity index (χ4v) is 8.59. The highest BCUT2D eigenvalue weighted by molar-refractivity contribution is 6.29. The molecule has 0 fully saturated rings. The van der Waals surface area contributed by atoms with Crippen molar-refractivity contribution in [3.63, 3.8) is 0 Å². The summed E-state index contributed by atoms with van der Waals surface area (Å²) in [5.74, 6) is 0.877. The van der Waals surface area contributed by atoms with E-state index in [4.69, 9.17) is 9.97 Å². The highest BCUT2D eigenvalue weighted by Crippen LogP contribution is 2.45. The number of aromatic nitrogens is 4. The lowest BCUT2D eigenvalue weighted by Gasteiger charge is -2.26. The Balaban J connectivity index is 1.18. The van der Waals surface area contributed by atoms with Crippen molar-refractivity contribution in [3.05, 3.63) is 200 Å². The molecule has 0 atom stereocenters. The summed E-state index contributed by atoms with van der Waals surface area (Å²) in [4.78, 5) is 12.2. The summed E-state index contributed by atoms with van der Waals surface area (Å²) in [5, 5.41) is 7.16. The van der Waals surface area contributed by atoms with E-state index in [-0.39, 0.29) is 0 Å². The lowest BCUT2D eigenvalue weighted by atomic mass is 10.0. The molecule has 0 aliphatic carbocycles. The molecule has 0 aliphatic rings. The molecule has 0 amide bonds. The van der Waals surface area contributed by atoms with Gasteiger partial charge in [-0.2, -0.15) is 0 Å². The average molecular weight is 718 g/mol. The molecule has 4 aromatic heterocycles. The Hall–Kier alpha value is -7.50. The Morgan fingerprint density at radius 1 is 0.446 bits per heavy atom. The molecular weight excluding hydrogens is 683 g/mol. The number of nitrogens with zero attached hydrogens (tertiary/aromatic N) is 5. The molecule has 4 heterocycles. The summed E-state index contributed by atoms with van der Waals surface area (Å²) in [6, 6.07) is 65.0. The molecule has 5 heteroatoms. The highest BCUT2D eigenvalue weighted by atomic mass is 15.1. The van der Waals surface area contributed by atoms with Crippen LogP contribution in [0.4, 0.5) is 17.1 Å². The largest absolute Gasteiger partial charge is 0.310 e. The van der Waals surface area contributed by atoms with Crippen LogP contribution in [0.5, 0.6) is 0 Å². The monoisotopic (exact) mass is 717 g/mol. The zero-order valence-corrected chi connectivity index (χ0v) is 30.7. The number of rotatable bonds is 6. The minimum atomic E-state index is 0.877. The summed E-state index contributed by atoms with van der Waals surface area (Å²) in [7, 11) is 0. The molecule has 0 aliphatic heterocycles. The first-order valence-electron chi connectivity index (χ1n) is 19.0. The number of para-hydroxylation sites is 3. The molecule has 5 nitrogen and oxygen atoms in total. The van der Waals surface area contributed by atoms with Gasteiger partial charge >= 0.3 is 0 Å². The van der Waals surface area contributed by atoms with Crippen LogP contribution in [0.1, 0.15) is 5.56 Å². The van der Waals surface area contributed by atoms with Gasteiger partial charge in [0.2, 0.25) is 0 Å². The first-order chi connectivity index (χ1) is 27.7. The van der Waals surface area contributed by atoms with Crippen LogP contribution in [0.3, 0.4) is 0 Å². The molecule has 264 valence electrons. The van der Waals surface area contributed by atoms with Crippen LogP contribution in [0.2, 0.25) is 0 Å². The van der Waals surface area contributed by atoms with Gasteiger partial charge in [-0.3, -0.25) is 9.55 Å². The smallest absolute Gasteiger partial charge is 0.137 e. The Bertz CT molecular complexity index is 3250. The zero-order chi connectivity index (χ0) is 37.2. The fourth-order valence-electron chi connectivity index (χ4n) is 8.59. The Morgan fingerprint density at radius 3 is 1.95 bits per heavy atom. The van der Waals surface area contributed by atoms with E-state index >= 15 is 0 Å². The van der Waals surface area contributed by atoms with E-state index in [1.165, 1.54) is 38.0 Å². The predicted molar refractivity (Wildman–Crippen MR) is 233 cm³/mol. The van der Waals surface area contributed by atoms with E-state index in [1.807, 2.05) is 18.5 Å². The van der Waals surface area contributed by atoms with E-state index in [2.05, 4.69) is 197 Å². The molecule has 0 saturated heterocycles. The summed E-state index contributed by atoms with van der Waals surface area (Å²) < 4.78 is 4.71. The van der Waals surface area contributed by atoms with Gasteiger partial charge in [-0.1, -0.05) is 91.0 Å². The van der Waals surface area contributed by atoms with Crippen molar-refractivity contribution in [1.82, 2.24) is 19.1 Å². The molecule has 0 bridgehead atoms. The van der Waals surface area contributed by atoms with Crippen molar-refractivity contribution >= 4 is 71.4 Å². The summed E-state index contributed by atoms with van der Waals surface area (Å²) in [6.45, 7) is 2.16. The summed E-state index contributed by atoms with van der Waals surface area (Å²) >= 11 is 0. The third-order valence-corrected chi connectivity index (χ3v) is 11.0. The fraction of sp³-hybridized carbons (Fsp3) is 0.0196. The molecule has 56 heavy (non-hydrogen) atoms. The van der Waals surface area contributed by atoms with Crippen LogP contribution in [-0.2, 0) is 0 Å². The van der Waals surface area contributed by atoms with Gasteiger partial charge in [-0.25, -0.2) is 4.98 Å². The first kappa shape index (κ1) is 32.0. The van der Waals surface area contributed by atoms with Gasteiger partial charge in [-0.05, 0) is 109 Å². The van der Waals surface area contributed by atoms with Gasteiger partial charge in [0.05, 0.1) is 27.8 Å². The molecule has 11 rings (SSSR count). The zero-order valence-electron chi connectivity index (χ0n) is 30.7. The Kier molecular flexibility index (Phi) is 7.32. The van der Waals surface area contributed by atoms with Gasteiger partial charge in [0.25, 0.3) is 0 Å². The lowest BCUT2D eigenvalue weighted by Crippen LogP contribution is -2.10. The number of benzene rings is 7. The summed E-state index contributed by atoms with van der Waals surface area (Å²) in [6.07, 6.45) is 3.85. The van der Waals surface area contributed by atoms with E-state index in [0.29, 0.717) is 0 Å². The van der Waals surface area contributed by atoms with Crippen molar-refractivity contribution in [2.45, 2.75) is 6.92 Å². The molecule has 7 aromatic carbocycles. The van der Waals surface area contributed by atoms with Gasteiger partial charge in [-0.15, -0.1) is 0 Å². The molecular formula is C51H35N5. The summed E-state index contributed by atoms with van der Waals surface area (Å²) in [5.41, 5.74) is 12.1. The average Bonchev–Trinajstić information content (AvgIpc) is 3.77. The van der Waals surface area contributed by atoms with Crippen LogP contribution >= 0.6 is 0 Å². The number of pyridine rings is 2. The maximum Gasteiger partial charge on any atom is 0.137 e. The van der Waals surface area contributed by atoms with Gasteiger partial charge in [0, 0.05) is 67.6 Å². The van der Waals surface area contributed by atoms with E-state index in [9.17, 15) is 0 Å². The van der Waals surface area contributed by atoms with Crippen molar-refractivity contribution < 1.29 is 0 Å².